The Kier molecular flexibility index (Phi) is 9.03. The second-order valence-electron chi connectivity index (χ2n) is 29.1. The fraction of sp³-hybridized carbons (Fsp3) is 0.580. The first-order valence-electron chi connectivity index (χ1n) is 30.0. The van der Waals surface area contributed by atoms with E-state index in [-0.39, 0.29) is 21.7 Å². The third-order valence-corrected chi connectivity index (χ3v) is 24.5. The quantitative estimate of drug-likeness (QED) is 0.163. The third kappa shape index (κ3) is 6.36. The topological polar surface area (TPSA) is 53.4 Å². The van der Waals surface area contributed by atoms with E-state index in [2.05, 4.69) is 91.0 Å². The van der Waals surface area contributed by atoms with Crippen molar-refractivity contribution in [1.29, 1.82) is 0 Å². The Labute approximate surface area is 429 Å². The van der Waals surface area contributed by atoms with Crippen LogP contribution in [0.1, 0.15) is 176 Å². The molecule has 16 saturated carbocycles. The maximum absolute atomic E-state index is 13.1. The van der Waals surface area contributed by atoms with Crippen LogP contribution in [0.4, 0.5) is 0 Å². The second-order valence-corrected chi connectivity index (χ2v) is 29.1. The molecule has 3 nitrogen and oxygen atoms in total. The smallest absolute Gasteiger partial charge is 0.127 e. The molecule has 72 heavy (non-hydrogen) atoms. The number of benzene rings is 4. The van der Waals surface area contributed by atoms with E-state index in [1.807, 2.05) is 0 Å². The minimum absolute atomic E-state index is 0.0941. The zero-order chi connectivity index (χ0) is 47.3. The van der Waals surface area contributed by atoms with Crippen molar-refractivity contribution in [2.45, 2.75) is 176 Å². The largest absolute Gasteiger partial charge is 0.507 e. The van der Waals surface area contributed by atoms with Crippen LogP contribution in [-0.4, -0.2) is 15.2 Å². The van der Waals surface area contributed by atoms with E-state index in [0.717, 1.165) is 116 Å². The van der Waals surface area contributed by atoms with Crippen LogP contribution < -0.4 is 0 Å². The Bertz CT molecular complexity index is 2720. The molecular weight excluding hydrogens is 875 g/mol. The maximum Gasteiger partial charge on any atom is 0.127 e. The summed E-state index contributed by atoms with van der Waals surface area (Å²) < 4.78 is 0. The van der Waals surface area contributed by atoms with Gasteiger partial charge in [-0.1, -0.05) is 66.7 Å². The van der Waals surface area contributed by atoms with Gasteiger partial charge in [0.15, 0.2) is 0 Å². The van der Waals surface area contributed by atoms with Crippen LogP contribution in [0.2, 0.25) is 0 Å². The zero-order valence-electron chi connectivity index (χ0n) is 42.9. The van der Waals surface area contributed by atoms with E-state index in [4.69, 9.17) is 4.98 Å². The van der Waals surface area contributed by atoms with Gasteiger partial charge in [-0.3, -0.25) is 0 Å². The number of rotatable bonds is 8. The van der Waals surface area contributed by atoms with E-state index in [1.54, 1.807) is 11.1 Å². The molecule has 0 unspecified atom stereocenters. The van der Waals surface area contributed by atoms with Crippen molar-refractivity contribution in [2.24, 2.45) is 71.0 Å². The molecule has 0 spiro atoms. The molecule has 16 fully saturated rings. The predicted octanol–water partition coefficient (Wildman–Crippen LogP) is 17.0. The molecule has 16 bridgehead atoms. The van der Waals surface area contributed by atoms with Gasteiger partial charge in [0.05, 0.1) is 11.4 Å². The van der Waals surface area contributed by atoms with Crippen molar-refractivity contribution >= 4 is 0 Å². The van der Waals surface area contributed by atoms with Gasteiger partial charge in [-0.05, 0) is 293 Å². The van der Waals surface area contributed by atoms with Gasteiger partial charge < -0.3 is 10.2 Å². The average Bonchev–Trinajstić information content (AvgIpc) is 3.35. The van der Waals surface area contributed by atoms with Gasteiger partial charge in [0, 0.05) is 33.4 Å². The molecule has 16 aliphatic carbocycles. The maximum atomic E-state index is 13.1. The Morgan fingerprint density at radius 2 is 0.556 bits per heavy atom. The van der Waals surface area contributed by atoms with E-state index in [9.17, 15) is 10.2 Å². The number of nitrogens with zero attached hydrogens (tertiary/aromatic N) is 1. The molecule has 1 heterocycles. The Morgan fingerprint density at radius 3 is 0.847 bits per heavy atom. The molecule has 0 atom stereocenters. The fourth-order valence-electron chi connectivity index (χ4n) is 23.5. The van der Waals surface area contributed by atoms with Crippen LogP contribution in [0.15, 0.2) is 91.0 Å². The molecule has 16 aliphatic rings. The first kappa shape index (κ1) is 42.9. The van der Waals surface area contributed by atoms with Gasteiger partial charge in [0.25, 0.3) is 0 Å². The minimum Gasteiger partial charge on any atom is -0.507 e. The molecule has 0 radical (unpaired) electrons. The summed E-state index contributed by atoms with van der Waals surface area (Å²) in [5, 5.41) is 26.3. The van der Waals surface area contributed by atoms with Crippen LogP contribution in [0.25, 0.3) is 44.8 Å². The zero-order valence-corrected chi connectivity index (χ0v) is 42.9. The normalized spacial score (nSPS) is 42.0. The summed E-state index contributed by atoms with van der Waals surface area (Å²) in [6.07, 6.45) is 32.6. The highest BCUT2D eigenvalue weighted by atomic mass is 16.3. The highest BCUT2D eigenvalue weighted by Crippen LogP contribution is 2.68. The van der Waals surface area contributed by atoms with Gasteiger partial charge >= 0.3 is 0 Å². The van der Waals surface area contributed by atoms with Crippen LogP contribution in [0.3, 0.4) is 0 Å². The second kappa shape index (κ2) is 15.2. The summed E-state index contributed by atoms with van der Waals surface area (Å²) in [7, 11) is 0. The van der Waals surface area contributed by atoms with E-state index in [0.29, 0.717) is 11.5 Å². The van der Waals surface area contributed by atoms with E-state index in [1.165, 1.54) is 165 Å². The van der Waals surface area contributed by atoms with E-state index >= 15 is 0 Å². The Balaban J connectivity index is 0.802. The van der Waals surface area contributed by atoms with Gasteiger partial charge in [-0.25, -0.2) is 4.98 Å². The van der Waals surface area contributed by atoms with Gasteiger partial charge in [-0.2, -0.15) is 0 Å². The first-order chi connectivity index (χ1) is 35.1. The summed E-state index contributed by atoms with van der Waals surface area (Å²) in [6, 6.07) is 34.8. The van der Waals surface area contributed by atoms with Gasteiger partial charge in [-0.15, -0.1) is 0 Å². The van der Waals surface area contributed by atoms with Gasteiger partial charge in [0.1, 0.15) is 11.5 Å². The summed E-state index contributed by atoms with van der Waals surface area (Å²) in [4.78, 5) is 5.69. The van der Waals surface area contributed by atoms with Crippen molar-refractivity contribution in [1.82, 2.24) is 4.98 Å². The van der Waals surface area contributed by atoms with Crippen LogP contribution in [-0.2, 0) is 21.7 Å². The number of aromatic nitrogens is 1. The fourth-order valence-corrected chi connectivity index (χ4v) is 23.5. The highest BCUT2D eigenvalue weighted by Gasteiger charge is 2.57. The van der Waals surface area contributed by atoms with Crippen LogP contribution in [0, 0.1) is 71.0 Å². The summed E-state index contributed by atoms with van der Waals surface area (Å²) >= 11 is 0. The monoisotopic (exact) mass is 952 g/mol. The number of phenols is 2. The number of hydrogen-bond acceptors (Lipinski definition) is 3. The summed E-state index contributed by atoms with van der Waals surface area (Å²) in [6.45, 7) is 0. The molecule has 0 aliphatic heterocycles. The molecule has 4 aromatic carbocycles. The molecule has 2 N–H and O–H groups in total. The van der Waals surface area contributed by atoms with Crippen LogP contribution in [0.5, 0.6) is 11.5 Å². The molecule has 0 amide bonds. The predicted molar refractivity (Wildman–Crippen MR) is 289 cm³/mol. The number of phenolic OH excluding ortho intramolecular Hbond substituents is 2. The lowest BCUT2D eigenvalue weighted by molar-refractivity contribution is -0.00920. The van der Waals surface area contributed by atoms with Crippen molar-refractivity contribution in [2.75, 3.05) is 0 Å². The lowest BCUT2D eigenvalue weighted by Gasteiger charge is -2.58. The molecule has 5 aromatic rings. The van der Waals surface area contributed by atoms with Gasteiger partial charge in [0.2, 0.25) is 0 Å². The van der Waals surface area contributed by atoms with Crippen LogP contribution >= 0.6 is 0 Å². The number of pyridine rings is 1. The Hall–Kier alpha value is -4.37. The SMILES string of the molecule is Oc1c(-c2ccccc2-c2cccc(-c3ccccc3-c3cc(C45CC6CC(CC(C6)C4)C5)cc(C45CC6CC(CC(C6)C4)C5)c3O)n2)cc(C23CC4CC(CC(C4)C2)C3)cc1C12CC3CC(CC(C3)C1)C2. The average molecular weight is 952 g/mol. The lowest BCUT2D eigenvalue weighted by atomic mass is 9.46. The minimum atomic E-state index is 0.0941. The Morgan fingerprint density at radius 1 is 0.292 bits per heavy atom. The molecular formula is C69H77NO2. The van der Waals surface area contributed by atoms with Crippen molar-refractivity contribution < 1.29 is 10.2 Å². The molecule has 370 valence electrons. The van der Waals surface area contributed by atoms with Crippen molar-refractivity contribution in [3.05, 3.63) is 113 Å². The highest BCUT2D eigenvalue weighted by molar-refractivity contribution is 5.89. The molecule has 1 aromatic heterocycles. The van der Waals surface area contributed by atoms with Crippen molar-refractivity contribution in [3.8, 4) is 56.3 Å². The van der Waals surface area contributed by atoms with Crippen molar-refractivity contribution in [3.63, 3.8) is 0 Å². The number of hydrogen-bond donors (Lipinski definition) is 2. The van der Waals surface area contributed by atoms with E-state index < -0.39 is 0 Å². The lowest BCUT2D eigenvalue weighted by Crippen LogP contribution is -2.50. The molecule has 0 saturated heterocycles. The summed E-state index contributed by atoms with van der Waals surface area (Å²) in [5.74, 6) is 11.2. The molecule has 21 rings (SSSR count). The standard InChI is InChI=1S/C69H77NO2/c71-64-58(24-52(66-28-40-12-41(29-66)14-42(13-40)30-66)26-60(64)68-34-46-18-47(35-68)20-48(19-46)36-68)54-6-1-3-8-56(54)62-10-5-11-63(70-62)57-9-4-2-7-55(57)59-25-53(67-31-43-15-44(32-67)17-45(16-43)33-67)27-61(65(59)72)69-37-49-21-50(38-69)23-51(22-49)39-69/h1-11,24-27,40-51,71-72H,12-23,28-39H2. The number of aromatic hydroxyl groups is 2. The molecule has 3 heteroatoms. The third-order valence-electron chi connectivity index (χ3n) is 24.5. The first-order valence-corrected chi connectivity index (χ1v) is 30.0. The summed E-state index contributed by atoms with van der Waals surface area (Å²) in [5.41, 5.74) is 14.8.